The molecule has 0 aromatic rings. The summed E-state index contributed by atoms with van der Waals surface area (Å²) in [6.07, 6.45) is 1.19. The molecule has 0 aromatic heterocycles. The van der Waals surface area contributed by atoms with E-state index < -0.39 is 17.4 Å². The zero-order valence-corrected chi connectivity index (χ0v) is 11.7. The first kappa shape index (κ1) is 15.2. The molecule has 0 bridgehead atoms. The fourth-order valence-electron chi connectivity index (χ4n) is 1.94. The summed E-state index contributed by atoms with van der Waals surface area (Å²) < 4.78 is 10.3. The Bertz CT molecular complexity index is 411. The lowest BCUT2D eigenvalue weighted by Gasteiger charge is -2.39. The van der Waals surface area contributed by atoms with Gasteiger partial charge in [-0.25, -0.2) is 0 Å². The monoisotopic (exact) mass is 265 g/mol. The molecule has 0 saturated heterocycles. The highest BCUT2D eigenvalue weighted by atomic mass is 16.6. The average molecular weight is 265 g/mol. The lowest BCUT2D eigenvalue weighted by molar-refractivity contribution is -0.180. The molecule has 0 amide bonds. The quantitative estimate of drug-likeness (QED) is 0.442. The summed E-state index contributed by atoms with van der Waals surface area (Å²) in [7, 11) is 0. The molecule has 0 spiro atoms. The molecule has 5 nitrogen and oxygen atoms in total. The third-order valence-corrected chi connectivity index (χ3v) is 2.79. The zero-order chi connectivity index (χ0) is 14.6. The Labute approximate surface area is 113 Å². The number of esters is 2. The molecule has 1 aliphatic rings. The van der Waals surface area contributed by atoms with Crippen LogP contribution in [0.5, 0.6) is 0 Å². The Morgan fingerprint density at radius 2 is 1.58 bits per heavy atom. The van der Waals surface area contributed by atoms with Crippen LogP contribution in [0.1, 0.15) is 40.5 Å². The Morgan fingerprint density at radius 1 is 1.16 bits per heavy atom. The van der Waals surface area contributed by atoms with Crippen LogP contribution in [0.2, 0.25) is 0 Å². The van der Waals surface area contributed by atoms with Crippen LogP contribution in [0.3, 0.4) is 0 Å². The van der Waals surface area contributed by atoms with Gasteiger partial charge in [0.25, 0.3) is 0 Å². The van der Waals surface area contributed by atoms with Crippen LogP contribution in [0.15, 0.2) is 11.6 Å². The predicted octanol–water partition coefficient (Wildman–Crippen LogP) is 2.12. The van der Waals surface area contributed by atoms with Crippen molar-refractivity contribution in [3.05, 3.63) is 11.6 Å². The molecule has 0 N–H and O–H groups in total. The Kier molecular flexibility index (Phi) is 4.71. The van der Waals surface area contributed by atoms with Gasteiger partial charge in [-0.3, -0.25) is 9.59 Å². The number of nitrogens with zero attached hydrogens (tertiary/aromatic N) is 1. The second-order valence-electron chi connectivity index (χ2n) is 5.28. The van der Waals surface area contributed by atoms with E-state index in [1.807, 2.05) is 6.07 Å². The van der Waals surface area contributed by atoms with Crippen molar-refractivity contribution in [3.8, 4) is 6.07 Å². The van der Waals surface area contributed by atoms with Crippen LogP contribution >= 0.6 is 0 Å². The van der Waals surface area contributed by atoms with E-state index in [0.29, 0.717) is 0 Å². The van der Waals surface area contributed by atoms with E-state index in [1.165, 1.54) is 6.08 Å². The first-order valence-electron chi connectivity index (χ1n) is 6.31. The van der Waals surface area contributed by atoms with Gasteiger partial charge >= 0.3 is 11.9 Å². The molecule has 1 rings (SSSR count). The summed E-state index contributed by atoms with van der Waals surface area (Å²) in [5.74, 6) is -1.13. The number of rotatable bonds is 4. The van der Waals surface area contributed by atoms with E-state index in [1.54, 1.807) is 27.7 Å². The Hall–Kier alpha value is -1.83. The van der Waals surface area contributed by atoms with E-state index >= 15 is 0 Å². The number of ether oxygens (including phenoxy) is 2. The minimum Gasteiger partial charge on any atom is -0.462 e. The maximum Gasteiger partial charge on any atom is 0.324 e. The van der Waals surface area contributed by atoms with Crippen molar-refractivity contribution in [2.45, 2.75) is 52.7 Å². The molecule has 1 aliphatic carbocycles. The average Bonchev–Trinajstić information content (AvgIpc) is 2.19. The van der Waals surface area contributed by atoms with Crippen molar-refractivity contribution in [3.63, 3.8) is 0 Å². The van der Waals surface area contributed by atoms with Gasteiger partial charge in [0, 0.05) is 6.08 Å². The number of hydrogen-bond donors (Lipinski definition) is 0. The first-order valence-corrected chi connectivity index (χ1v) is 6.31. The second-order valence-corrected chi connectivity index (χ2v) is 5.28. The molecule has 0 aromatic carbocycles. The molecule has 1 fully saturated rings. The number of hydrogen-bond acceptors (Lipinski definition) is 5. The van der Waals surface area contributed by atoms with E-state index in [4.69, 9.17) is 14.7 Å². The SMILES string of the molecule is CC(C)OC(=O)C1(C(=O)OC(C)C)CC(=CC#N)C1. The maximum absolute atomic E-state index is 12.1. The molecule has 1 saturated carbocycles. The van der Waals surface area contributed by atoms with Crippen molar-refractivity contribution >= 4 is 11.9 Å². The van der Waals surface area contributed by atoms with Crippen molar-refractivity contribution < 1.29 is 19.1 Å². The molecule has 5 heteroatoms. The molecule has 0 unspecified atom stereocenters. The summed E-state index contributed by atoms with van der Waals surface area (Å²) in [6.45, 7) is 6.91. The fourth-order valence-corrected chi connectivity index (χ4v) is 1.94. The van der Waals surface area contributed by atoms with Gasteiger partial charge in [-0.05, 0) is 40.5 Å². The van der Waals surface area contributed by atoms with E-state index in [0.717, 1.165) is 5.57 Å². The Morgan fingerprint density at radius 3 is 1.89 bits per heavy atom. The lowest BCUT2D eigenvalue weighted by Crippen LogP contribution is -2.49. The summed E-state index contributed by atoms with van der Waals surface area (Å²) in [4.78, 5) is 24.2. The zero-order valence-electron chi connectivity index (χ0n) is 11.7. The third kappa shape index (κ3) is 3.34. The second kappa shape index (κ2) is 5.87. The highest BCUT2D eigenvalue weighted by Crippen LogP contribution is 2.47. The van der Waals surface area contributed by atoms with Gasteiger partial charge in [-0.2, -0.15) is 5.26 Å². The summed E-state index contributed by atoms with van der Waals surface area (Å²) in [5, 5.41) is 8.58. The highest BCUT2D eigenvalue weighted by Gasteiger charge is 2.56. The van der Waals surface area contributed by atoms with Crippen LogP contribution in [0.25, 0.3) is 0 Å². The molecular formula is C14H19NO4. The number of carbonyl (C=O) groups excluding carboxylic acids is 2. The molecule has 0 radical (unpaired) electrons. The summed E-state index contributed by atoms with van der Waals surface area (Å²) in [5.41, 5.74) is -0.499. The smallest absolute Gasteiger partial charge is 0.324 e. The first-order chi connectivity index (χ1) is 8.81. The van der Waals surface area contributed by atoms with Gasteiger partial charge in [-0.15, -0.1) is 0 Å². The normalized spacial score (nSPS) is 16.6. The van der Waals surface area contributed by atoms with Gasteiger partial charge in [0.15, 0.2) is 5.41 Å². The third-order valence-electron chi connectivity index (χ3n) is 2.79. The van der Waals surface area contributed by atoms with E-state index in [-0.39, 0.29) is 25.0 Å². The van der Waals surface area contributed by atoms with Gasteiger partial charge in [0.05, 0.1) is 18.3 Å². The van der Waals surface area contributed by atoms with Crippen molar-refractivity contribution in [1.82, 2.24) is 0 Å². The van der Waals surface area contributed by atoms with Gasteiger partial charge in [0.1, 0.15) is 0 Å². The molecule has 0 atom stereocenters. The van der Waals surface area contributed by atoms with Crippen LogP contribution in [-0.4, -0.2) is 24.1 Å². The predicted molar refractivity (Wildman–Crippen MR) is 67.8 cm³/mol. The minimum atomic E-state index is -1.27. The molecule has 19 heavy (non-hydrogen) atoms. The summed E-state index contributed by atoms with van der Waals surface area (Å²) >= 11 is 0. The fraction of sp³-hybridized carbons (Fsp3) is 0.643. The van der Waals surface area contributed by atoms with Crippen LogP contribution in [-0.2, 0) is 19.1 Å². The standard InChI is InChI=1S/C14H19NO4/c1-9(2)18-12(16)14(13(17)19-10(3)4)7-11(8-14)5-6-15/h5,9-10H,7-8H2,1-4H3. The van der Waals surface area contributed by atoms with E-state index in [2.05, 4.69) is 0 Å². The van der Waals surface area contributed by atoms with Crippen LogP contribution in [0.4, 0.5) is 0 Å². The number of carbonyl (C=O) groups is 2. The van der Waals surface area contributed by atoms with Gasteiger partial charge in [0.2, 0.25) is 0 Å². The molecular weight excluding hydrogens is 246 g/mol. The van der Waals surface area contributed by atoms with Crippen LogP contribution < -0.4 is 0 Å². The van der Waals surface area contributed by atoms with Crippen molar-refractivity contribution in [2.24, 2.45) is 5.41 Å². The van der Waals surface area contributed by atoms with Crippen molar-refractivity contribution in [1.29, 1.82) is 5.26 Å². The topological polar surface area (TPSA) is 76.4 Å². The maximum atomic E-state index is 12.1. The van der Waals surface area contributed by atoms with E-state index in [9.17, 15) is 9.59 Å². The lowest BCUT2D eigenvalue weighted by atomic mass is 9.65. The molecule has 0 heterocycles. The largest absolute Gasteiger partial charge is 0.462 e. The van der Waals surface area contributed by atoms with Gasteiger partial charge < -0.3 is 9.47 Å². The van der Waals surface area contributed by atoms with Gasteiger partial charge in [-0.1, -0.05) is 5.57 Å². The molecule has 104 valence electrons. The Balaban J connectivity index is 2.89. The number of allylic oxidation sites excluding steroid dienone is 2. The van der Waals surface area contributed by atoms with Crippen molar-refractivity contribution in [2.75, 3.05) is 0 Å². The molecule has 0 aliphatic heterocycles. The summed E-state index contributed by atoms with van der Waals surface area (Å²) in [6, 6.07) is 1.90. The number of nitriles is 1. The minimum absolute atomic E-state index is 0.206. The van der Waals surface area contributed by atoms with Crippen LogP contribution in [0, 0.1) is 16.7 Å². The highest BCUT2D eigenvalue weighted by molar-refractivity contribution is 6.02.